The third-order valence-corrected chi connectivity index (χ3v) is 4.42. The van der Waals surface area contributed by atoms with Crippen molar-refractivity contribution >= 4 is 23.2 Å². The maximum atomic E-state index is 12.9. The Morgan fingerprint density at radius 3 is 2.48 bits per heavy atom. The minimum Gasteiger partial charge on any atom is -0.306 e. The predicted octanol–water partition coefficient (Wildman–Crippen LogP) is 3.15. The van der Waals surface area contributed by atoms with E-state index in [4.69, 9.17) is 0 Å². The lowest BCUT2D eigenvalue weighted by molar-refractivity contribution is -0.117. The van der Waals surface area contributed by atoms with Crippen molar-refractivity contribution in [3.8, 4) is 0 Å². The van der Waals surface area contributed by atoms with Gasteiger partial charge in [-0.15, -0.1) is 0 Å². The number of para-hydroxylation sites is 2. The molecule has 1 aliphatic heterocycles. The Kier molecular flexibility index (Phi) is 3.18. The molecule has 2 aliphatic rings. The predicted molar refractivity (Wildman–Crippen MR) is 89.8 cm³/mol. The fourth-order valence-electron chi connectivity index (χ4n) is 3.18. The molecule has 4 nitrogen and oxygen atoms in total. The highest BCUT2D eigenvalue weighted by Crippen LogP contribution is 2.40. The second-order valence-corrected chi connectivity index (χ2v) is 6.24. The summed E-state index contributed by atoms with van der Waals surface area (Å²) in [6.45, 7) is 2.07. The molecule has 2 aromatic carbocycles. The summed E-state index contributed by atoms with van der Waals surface area (Å²) in [5, 5.41) is 0. The van der Waals surface area contributed by atoms with E-state index < -0.39 is 0 Å². The zero-order chi connectivity index (χ0) is 16.0. The van der Waals surface area contributed by atoms with Crippen molar-refractivity contribution in [2.45, 2.75) is 25.8 Å². The first-order valence-corrected chi connectivity index (χ1v) is 7.95. The summed E-state index contributed by atoms with van der Waals surface area (Å²) in [5.41, 5.74) is 3.33. The number of fused-ring (bicyclic) bond motifs is 1. The van der Waals surface area contributed by atoms with Crippen LogP contribution in [0, 0.1) is 6.92 Å². The van der Waals surface area contributed by atoms with Crippen molar-refractivity contribution in [3.63, 3.8) is 0 Å². The summed E-state index contributed by atoms with van der Waals surface area (Å²) >= 11 is 0. The van der Waals surface area contributed by atoms with Crippen molar-refractivity contribution in [2.75, 3.05) is 16.3 Å². The first-order chi connectivity index (χ1) is 11.1. The Labute approximate surface area is 135 Å². The van der Waals surface area contributed by atoms with Crippen LogP contribution in [0.1, 0.15) is 28.8 Å². The van der Waals surface area contributed by atoms with Gasteiger partial charge in [-0.1, -0.05) is 29.8 Å². The van der Waals surface area contributed by atoms with E-state index in [2.05, 4.69) is 0 Å². The van der Waals surface area contributed by atoms with Crippen LogP contribution < -0.4 is 9.80 Å². The van der Waals surface area contributed by atoms with Crippen molar-refractivity contribution in [2.24, 2.45) is 0 Å². The molecule has 2 amide bonds. The molecule has 1 aliphatic carbocycles. The average Bonchev–Trinajstić information content (AvgIpc) is 3.38. The zero-order valence-corrected chi connectivity index (χ0v) is 13.0. The Morgan fingerprint density at radius 1 is 1.04 bits per heavy atom. The molecule has 1 fully saturated rings. The summed E-state index contributed by atoms with van der Waals surface area (Å²) < 4.78 is 0. The highest BCUT2D eigenvalue weighted by Gasteiger charge is 2.40. The molecule has 0 aromatic heterocycles. The van der Waals surface area contributed by atoms with Crippen LogP contribution in [0.2, 0.25) is 0 Å². The van der Waals surface area contributed by atoms with E-state index in [1.165, 1.54) is 0 Å². The molecule has 0 spiro atoms. The molecule has 1 heterocycles. The van der Waals surface area contributed by atoms with Gasteiger partial charge in [0.2, 0.25) is 5.91 Å². The molecular formula is C19H18N2O2. The molecule has 0 bridgehead atoms. The minimum absolute atomic E-state index is 0.00667. The summed E-state index contributed by atoms with van der Waals surface area (Å²) in [6, 6.07) is 15.5. The molecule has 4 heteroatoms. The fourth-order valence-corrected chi connectivity index (χ4v) is 3.18. The molecule has 0 atom stereocenters. The van der Waals surface area contributed by atoms with E-state index in [1.807, 2.05) is 54.3 Å². The standard InChI is InChI=1S/C19H18N2O2/c1-13-5-4-6-14(11-13)19(23)20-12-18(22)21(15-9-10-15)17-8-3-2-7-16(17)20/h2-8,11,15H,9-10,12H2,1H3. The zero-order valence-electron chi connectivity index (χ0n) is 13.0. The van der Waals surface area contributed by atoms with Crippen LogP contribution in [0.5, 0.6) is 0 Å². The average molecular weight is 306 g/mol. The summed E-state index contributed by atoms with van der Waals surface area (Å²) in [4.78, 5) is 29.0. The van der Waals surface area contributed by atoms with Gasteiger partial charge < -0.3 is 4.90 Å². The Morgan fingerprint density at radius 2 is 1.78 bits per heavy atom. The monoisotopic (exact) mass is 306 g/mol. The molecule has 0 N–H and O–H groups in total. The fraction of sp³-hybridized carbons (Fsp3) is 0.263. The molecule has 1 saturated carbocycles. The van der Waals surface area contributed by atoms with Gasteiger partial charge in [0.05, 0.1) is 11.4 Å². The van der Waals surface area contributed by atoms with E-state index in [0.29, 0.717) is 11.6 Å². The van der Waals surface area contributed by atoms with Gasteiger partial charge in [-0.25, -0.2) is 0 Å². The second kappa shape index (κ2) is 5.23. The number of carbonyl (C=O) groups excluding carboxylic acids is 2. The molecule has 2 aromatic rings. The largest absolute Gasteiger partial charge is 0.306 e. The summed E-state index contributed by atoms with van der Waals surface area (Å²) in [6.07, 6.45) is 2.10. The number of hydrogen-bond acceptors (Lipinski definition) is 2. The van der Waals surface area contributed by atoms with Gasteiger partial charge in [0.25, 0.3) is 5.91 Å². The second-order valence-electron chi connectivity index (χ2n) is 6.24. The lowest BCUT2D eigenvalue weighted by Gasteiger charge is -2.36. The van der Waals surface area contributed by atoms with Gasteiger partial charge in [0, 0.05) is 11.6 Å². The normalized spacial score (nSPS) is 17.2. The van der Waals surface area contributed by atoms with Gasteiger partial charge in [-0.3, -0.25) is 14.5 Å². The smallest absolute Gasteiger partial charge is 0.258 e. The first-order valence-electron chi connectivity index (χ1n) is 7.95. The lowest BCUT2D eigenvalue weighted by atomic mass is 10.1. The topological polar surface area (TPSA) is 40.6 Å². The third-order valence-electron chi connectivity index (χ3n) is 4.42. The highest BCUT2D eigenvalue weighted by molar-refractivity contribution is 6.16. The number of benzene rings is 2. The Bertz CT molecular complexity index is 795. The van der Waals surface area contributed by atoms with Gasteiger partial charge in [-0.05, 0) is 44.0 Å². The maximum Gasteiger partial charge on any atom is 0.258 e. The van der Waals surface area contributed by atoms with Crippen molar-refractivity contribution in [1.29, 1.82) is 0 Å². The van der Waals surface area contributed by atoms with Crippen LogP contribution in [0.15, 0.2) is 48.5 Å². The number of carbonyl (C=O) groups is 2. The van der Waals surface area contributed by atoms with E-state index >= 15 is 0 Å². The number of hydrogen-bond donors (Lipinski definition) is 0. The molecule has 116 valence electrons. The van der Waals surface area contributed by atoms with E-state index in [9.17, 15) is 9.59 Å². The van der Waals surface area contributed by atoms with Crippen molar-refractivity contribution in [1.82, 2.24) is 0 Å². The molecule has 23 heavy (non-hydrogen) atoms. The maximum absolute atomic E-state index is 12.9. The number of nitrogens with zero attached hydrogens (tertiary/aromatic N) is 2. The Balaban J connectivity index is 1.76. The number of rotatable bonds is 2. The van der Waals surface area contributed by atoms with Gasteiger partial charge >= 0.3 is 0 Å². The molecule has 0 unspecified atom stereocenters. The van der Waals surface area contributed by atoms with E-state index in [1.54, 1.807) is 11.0 Å². The number of aryl methyl sites for hydroxylation is 1. The van der Waals surface area contributed by atoms with Crippen molar-refractivity contribution in [3.05, 3.63) is 59.7 Å². The van der Waals surface area contributed by atoms with Gasteiger partial charge in [0.1, 0.15) is 6.54 Å². The molecule has 0 saturated heterocycles. The number of anilines is 2. The van der Waals surface area contributed by atoms with E-state index in [-0.39, 0.29) is 18.4 Å². The molecular weight excluding hydrogens is 288 g/mol. The summed E-state index contributed by atoms with van der Waals surface area (Å²) in [5.74, 6) is -0.114. The van der Waals surface area contributed by atoms with E-state index in [0.717, 1.165) is 29.8 Å². The SMILES string of the molecule is Cc1cccc(C(=O)N2CC(=O)N(C3CC3)c3ccccc32)c1. The number of amides is 2. The molecule has 0 radical (unpaired) electrons. The highest BCUT2D eigenvalue weighted by atomic mass is 16.2. The Hall–Kier alpha value is -2.62. The molecule has 4 rings (SSSR count). The van der Waals surface area contributed by atoms with Crippen LogP contribution >= 0.6 is 0 Å². The van der Waals surface area contributed by atoms with Gasteiger partial charge in [-0.2, -0.15) is 0 Å². The van der Waals surface area contributed by atoms with Crippen molar-refractivity contribution < 1.29 is 9.59 Å². The minimum atomic E-state index is -0.120. The lowest BCUT2D eigenvalue weighted by Crippen LogP contribution is -2.49. The quantitative estimate of drug-likeness (QED) is 0.855. The van der Waals surface area contributed by atoms with Crippen LogP contribution in [0.25, 0.3) is 0 Å². The first kappa shape index (κ1) is 14.0. The van der Waals surface area contributed by atoms with Crippen LogP contribution in [-0.4, -0.2) is 24.4 Å². The van der Waals surface area contributed by atoms with Crippen LogP contribution in [0.4, 0.5) is 11.4 Å². The third kappa shape index (κ3) is 2.40. The van der Waals surface area contributed by atoms with Crippen LogP contribution in [0.3, 0.4) is 0 Å². The van der Waals surface area contributed by atoms with Gasteiger partial charge in [0.15, 0.2) is 0 Å². The van der Waals surface area contributed by atoms with Crippen LogP contribution in [-0.2, 0) is 4.79 Å². The summed E-state index contributed by atoms with van der Waals surface area (Å²) in [7, 11) is 0.